The van der Waals surface area contributed by atoms with Gasteiger partial charge in [-0.15, -0.1) is 0 Å². The summed E-state index contributed by atoms with van der Waals surface area (Å²) in [5, 5.41) is 6.72. The number of esters is 1. The molecule has 0 radical (unpaired) electrons. The lowest BCUT2D eigenvalue weighted by atomic mass is 10.2. The van der Waals surface area contributed by atoms with Crippen molar-refractivity contribution < 1.29 is 22.7 Å². The van der Waals surface area contributed by atoms with Gasteiger partial charge >= 0.3 is 5.97 Å². The largest absolute Gasteiger partial charge is 0.487 e. The first-order valence-corrected chi connectivity index (χ1v) is 10.7. The van der Waals surface area contributed by atoms with Gasteiger partial charge in [0, 0.05) is 6.20 Å². The number of carbonyl (C=O) groups is 1. The molecule has 0 spiro atoms. The molecule has 0 atom stereocenters. The first-order chi connectivity index (χ1) is 14.0. The third-order valence-corrected chi connectivity index (χ3v) is 5.77. The standard InChI is InChI=1S/C20H21N3O5S/c1-2-27-20(24)9-11-29(25,26)17-5-3-4-15(12-17)14-28-16-6-7-18(21-13-16)19-8-10-22-23-19/h3-8,10,12-13H,2,9,11,14H2,1H3,(H,22,23). The highest BCUT2D eigenvalue weighted by atomic mass is 32.2. The van der Waals surface area contributed by atoms with Crippen molar-refractivity contribution in [2.45, 2.75) is 24.8 Å². The van der Waals surface area contributed by atoms with Crippen LogP contribution in [0.2, 0.25) is 0 Å². The molecule has 0 saturated heterocycles. The number of aromatic nitrogens is 3. The number of hydrogen-bond acceptors (Lipinski definition) is 7. The van der Waals surface area contributed by atoms with E-state index in [1.807, 2.05) is 6.07 Å². The molecule has 0 aliphatic carbocycles. The number of carbonyl (C=O) groups excluding carboxylic acids is 1. The highest BCUT2D eigenvalue weighted by Gasteiger charge is 2.17. The van der Waals surface area contributed by atoms with E-state index in [-0.39, 0.29) is 30.3 Å². The monoisotopic (exact) mass is 415 g/mol. The highest BCUT2D eigenvalue weighted by Crippen LogP contribution is 2.19. The topological polar surface area (TPSA) is 111 Å². The second-order valence-electron chi connectivity index (χ2n) is 6.16. The van der Waals surface area contributed by atoms with Crippen LogP contribution in [-0.2, 0) is 26.0 Å². The zero-order chi connectivity index (χ0) is 20.7. The van der Waals surface area contributed by atoms with Gasteiger partial charge in [-0.1, -0.05) is 12.1 Å². The summed E-state index contributed by atoms with van der Waals surface area (Å²) in [7, 11) is -3.59. The van der Waals surface area contributed by atoms with Crippen molar-refractivity contribution in [3.8, 4) is 17.1 Å². The number of benzene rings is 1. The molecule has 29 heavy (non-hydrogen) atoms. The molecule has 0 fully saturated rings. The van der Waals surface area contributed by atoms with Crippen LogP contribution in [-0.4, -0.2) is 41.9 Å². The summed E-state index contributed by atoms with van der Waals surface area (Å²) in [6.45, 7) is 2.09. The Morgan fingerprint density at radius 3 is 2.72 bits per heavy atom. The Morgan fingerprint density at radius 1 is 1.17 bits per heavy atom. The van der Waals surface area contributed by atoms with Crippen molar-refractivity contribution in [2.75, 3.05) is 12.4 Å². The van der Waals surface area contributed by atoms with Crippen LogP contribution in [0.15, 0.2) is 59.8 Å². The van der Waals surface area contributed by atoms with Crippen LogP contribution in [0.3, 0.4) is 0 Å². The van der Waals surface area contributed by atoms with E-state index >= 15 is 0 Å². The van der Waals surface area contributed by atoms with Crippen LogP contribution >= 0.6 is 0 Å². The van der Waals surface area contributed by atoms with Crippen molar-refractivity contribution in [1.82, 2.24) is 15.2 Å². The fraction of sp³-hybridized carbons (Fsp3) is 0.250. The quantitative estimate of drug-likeness (QED) is 0.535. The molecule has 3 aromatic rings. The molecule has 9 heteroatoms. The number of aromatic amines is 1. The number of hydrogen-bond donors (Lipinski definition) is 1. The van der Waals surface area contributed by atoms with Crippen molar-refractivity contribution >= 4 is 15.8 Å². The average Bonchev–Trinajstić information content (AvgIpc) is 3.27. The van der Waals surface area contributed by atoms with E-state index in [9.17, 15) is 13.2 Å². The van der Waals surface area contributed by atoms with E-state index in [4.69, 9.17) is 9.47 Å². The van der Waals surface area contributed by atoms with Gasteiger partial charge in [-0.3, -0.25) is 14.9 Å². The van der Waals surface area contributed by atoms with Gasteiger partial charge in [0.15, 0.2) is 9.84 Å². The van der Waals surface area contributed by atoms with E-state index in [2.05, 4.69) is 15.2 Å². The maximum atomic E-state index is 12.5. The van der Waals surface area contributed by atoms with Gasteiger partial charge in [0.25, 0.3) is 0 Å². The first kappa shape index (κ1) is 20.5. The van der Waals surface area contributed by atoms with Gasteiger partial charge < -0.3 is 9.47 Å². The number of ether oxygens (including phenoxy) is 2. The molecule has 0 amide bonds. The fourth-order valence-electron chi connectivity index (χ4n) is 2.59. The number of sulfone groups is 1. The van der Waals surface area contributed by atoms with Gasteiger partial charge in [0.2, 0.25) is 0 Å². The second kappa shape index (κ2) is 9.33. The zero-order valence-electron chi connectivity index (χ0n) is 15.9. The molecule has 2 heterocycles. The minimum atomic E-state index is -3.59. The molecule has 8 nitrogen and oxygen atoms in total. The third kappa shape index (κ3) is 5.64. The number of pyridine rings is 1. The molecular formula is C20H21N3O5S. The van der Waals surface area contributed by atoms with Crippen LogP contribution < -0.4 is 4.74 Å². The van der Waals surface area contributed by atoms with E-state index in [0.29, 0.717) is 11.3 Å². The molecule has 3 rings (SSSR count). The van der Waals surface area contributed by atoms with Gasteiger partial charge in [-0.05, 0) is 42.8 Å². The Bertz CT molecular complexity index is 1050. The van der Waals surface area contributed by atoms with Crippen molar-refractivity contribution in [3.05, 3.63) is 60.4 Å². The second-order valence-corrected chi connectivity index (χ2v) is 8.27. The normalized spacial score (nSPS) is 11.2. The maximum Gasteiger partial charge on any atom is 0.306 e. The number of nitrogens with zero attached hydrogens (tertiary/aromatic N) is 2. The molecule has 152 valence electrons. The van der Waals surface area contributed by atoms with Gasteiger partial charge in [-0.2, -0.15) is 5.10 Å². The molecule has 1 N–H and O–H groups in total. The minimum Gasteiger partial charge on any atom is -0.487 e. The van der Waals surface area contributed by atoms with Gasteiger partial charge in [0.1, 0.15) is 12.4 Å². The molecule has 2 aromatic heterocycles. The Kier molecular flexibility index (Phi) is 6.61. The molecule has 0 saturated carbocycles. The molecular weight excluding hydrogens is 394 g/mol. The number of H-pyrrole nitrogens is 1. The van der Waals surface area contributed by atoms with Crippen LogP contribution in [0, 0.1) is 0 Å². The zero-order valence-corrected chi connectivity index (χ0v) is 16.7. The lowest BCUT2D eigenvalue weighted by Crippen LogP contribution is -2.13. The molecule has 0 unspecified atom stereocenters. The summed E-state index contributed by atoms with van der Waals surface area (Å²) in [6.07, 6.45) is 3.07. The molecule has 0 aliphatic rings. The molecule has 0 aliphatic heterocycles. The summed E-state index contributed by atoms with van der Waals surface area (Å²) in [6, 6.07) is 11.9. The molecule has 1 aromatic carbocycles. The maximum absolute atomic E-state index is 12.5. The average molecular weight is 415 g/mol. The van der Waals surface area contributed by atoms with E-state index < -0.39 is 15.8 Å². The fourth-order valence-corrected chi connectivity index (χ4v) is 3.88. The summed E-state index contributed by atoms with van der Waals surface area (Å²) < 4.78 is 35.4. The van der Waals surface area contributed by atoms with Crippen molar-refractivity contribution in [2.24, 2.45) is 0 Å². The summed E-state index contributed by atoms with van der Waals surface area (Å²) in [5.74, 6) is -0.264. The highest BCUT2D eigenvalue weighted by molar-refractivity contribution is 7.91. The smallest absolute Gasteiger partial charge is 0.306 e. The Labute approximate surface area is 168 Å². The van der Waals surface area contributed by atoms with E-state index in [1.165, 1.54) is 6.07 Å². The predicted octanol–water partition coefficient (Wildman–Crippen LogP) is 2.78. The lowest BCUT2D eigenvalue weighted by Gasteiger charge is -2.09. The van der Waals surface area contributed by atoms with Crippen molar-refractivity contribution in [1.29, 1.82) is 0 Å². The van der Waals surface area contributed by atoms with Crippen LogP contribution in [0.4, 0.5) is 0 Å². The van der Waals surface area contributed by atoms with Crippen LogP contribution in [0.5, 0.6) is 5.75 Å². The Morgan fingerprint density at radius 2 is 2.03 bits per heavy atom. The Hall–Kier alpha value is -3.20. The van der Waals surface area contributed by atoms with E-state index in [1.54, 1.807) is 49.6 Å². The first-order valence-electron chi connectivity index (χ1n) is 9.04. The van der Waals surface area contributed by atoms with Gasteiger partial charge in [-0.25, -0.2) is 8.42 Å². The number of nitrogens with one attached hydrogen (secondary N) is 1. The lowest BCUT2D eigenvalue weighted by molar-refractivity contribution is -0.142. The summed E-state index contributed by atoms with van der Waals surface area (Å²) in [5.41, 5.74) is 2.24. The minimum absolute atomic E-state index is 0.149. The van der Waals surface area contributed by atoms with E-state index in [0.717, 1.165) is 11.4 Å². The summed E-state index contributed by atoms with van der Waals surface area (Å²) >= 11 is 0. The SMILES string of the molecule is CCOC(=O)CCS(=O)(=O)c1cccc(COc2ccc(-c3ccn[nH]3)nc2)c1. The summed E-state index contributed by atoms with van der Waals surface area (Å²) in [4.78, 5) is 15.9. The van der Waals surface area contributed by atoms with Crippen molar-refractivity contribution in [3.63, 3.8) is 0 Å². The van der Waals surface area contributed by atoms with Gasteiger partial charge in [0.05, 0.1) is 41.3 Å². The van der Waals surface area contributed by atoms with Crippen LogP contribution in [0.25, 0.3) is 11.4 Å². The predicted molar refractivity (Wildman–Crippen MR) is 106 cm³/mol. The number of rotatable bonds is 9. The van der Waals surface area contributed by atoms with Crippen LogP contribution in [0.1, 0.15) is 18.9 Å². The molecule has 0 bridgehead atoms. The Balaban J connectivity index is 1.61. The third-order valence-electron chi connectivity index (χ3n) is 4.06.